The number of nitrogens with zero attached hydrogens (tertiary/aromatic N) is 6. The summed E-state index contributed by atoms with van der Waals surface area (Å²) in [5, 5.41) is 5.31. The van der Waals surface area contributed by atoms with Crippen LogP contribution < -0.4 is 15.5 Å². The molecule has 3 rings (SSSR count). The largest absolute Gasteiger partial charge is 0.449 e. The molecule has 2 N–H and O–H groups in total. The Labute approximate surface area is 199 Å². The van der Waals surface area contributed by atoms with E-state index >= 15 is 0 Å². The number of amides is 2. The zero-order valence-electron chi connectivity index (χ0n) is 19.6. The van der Waals surface area contributed by atoms with Crippen molar-refractivity contribution in [3.63, 3.8) is 0 Å². The number of hydrogen-bond donors (Lipinski definition) is 2. The van der Waals surface area contributed by atoms with E-state index in [1.54, 1.807) is 19.0 Å². The minimum atomic E-state index is -4.67. The summed E-state index contributed by atoms with van der Waals surface area (Å²) >= 11 is 0. The van der Waals surface area contributed by atoms with Crippen LogP contribution in [0.2, 0.25) is 0 Å². The lowest BCUT2D eigenvalue weighted by atomic mass is 10.3. The summed E-state index contributed by atoms with van der Waals surface area (Å²) in [5.41, 5.74) is -1.03. The van der Waals surface area contributed by atoms with E-state index in [0.29, 0.717) is 38.7 Å². The van der Waals surface area contributed by atoms with Gasteiger partial charge in [0.2, 0.25) is 17.7 Å². The first-order valence-corrected chi connectivity index (χ1v) is 10.8. The van der Waals surface area contributed by atoms with Crippen LogP contribution in [0, 0.1) is 0 Å². The molecule has 1 saturated heterocycles. The van der Waals surface area contributed by atoms with Crippen LogP contribution in [0.3, 0.4) is 0 Å². The average Bonchev–Trinajstić information content (AvgIpc) is 3.24. The molecule has 0 unspecified atom stereocenters. The van der Waals surface area contributed by atoms with Crippen molar-refractivity contribution in [1.29, 1.82) is 0 Å². The number of oxazole rings is 1. The van der Waals surface area contributed by atoms with Crippen molar-refractivity contribution in [1.82, 2.24) is 24.8 Å². The summed E-state index contributed by atoms with van der Waals surface area (Å²) in [4.78, 5) is 39.8. The Balaban J connectivity index is 1.65. The smallest absolute Gasteiger partial charge is 0.421 e. The van der Waals surface area contributed by atoms with Crippen LogP contribution in [0.4, 0.5) is 41.6 Å². The van der Waals surface area contributed by atoms with E-state index in [1.807, 2.05) is 0 Å². The molecular weight excluding hydrogens is 473 g/mol. The molecule has 0 aliphatic carbocycles. The van der Waals surface area contributed by atoms with Crippen molar-refractivity contribution in [3.8, 4) is 0 Å². The highest BCUT2D eigenvalue weighted by molar-refractivity contribution is 5.92. The molecule has 0 atom stereocenters. The Bertz CT molecular complexity index is 1030. The lowest BCUT2D eigenvalue weighted by Crippen LogP contribution is -2.38. The summed E-state index contributed by atoms with van der Waals surface area (Å²) in [6.07, 6.45) is -2.09. The van der Waals surface area contributed by atoms with Crippen LogP contribution in [0.5, 0.6) is 0 Å². The zero-order valence-corrected chi connectivity index (χ0v) is 19.6. The number of hydrogen-bond acceptors (Lipinski definition) is 10. The van der Waals surface area contributed by atoms with Gasteiger partial charge in [-0.25, -0.2) is 9.78 Å². The van der Waals surface area contributed by atoms with E-state index in [9.17, 15) is 22.8 Å². The molecule has 0 radical (unpaired) electrons. The molecule has 2 aromatic heterocycles. The number of aromatic nitrogens is 3. The van der Waals surface area contributed by atoms with Gasteiger partial charge in [-0.2, -0.15) is 23.1 Å². The fraction of sp³-hybridized carbons (Fsp3) is 0.550. The molecule has 192 valence electrons. The second-order valence-electron chi connectivity index (χ2n) is 8.01. The van der Waals surface area contributed by atoms with Crippen molar-refractivity contribution in [2.75, 3.05) is 69.5 Å². The molecule has 3 heterocycles. The van der Waals surface area contributed by atoms with Gasteiger partial charge in [0.05, 0.1) is 19.3 Å². The van der Waals surface area contributed by atoms with Crippen LogP contribution in [0.1, 0.15) is 18.4 Å². The van der Waals surface area contributed by atoms with Crippen molar-refractivity contribution in [3.05, 3.63) is 18.0 Å². The number of alkyl halides is 3. The molecule has 2 aromatic rings. The van der Waals surface area contributed by atoms with E-state index in [4.69, 9.17) is 9.15 Å². The Morgan fingerprint density at radius 1 is 1.23 bits per heavy atom. The van der Waals surface area contributed by atoms with E-state index in [1.165, 1.54) is 23.0 Å². The number of carbonyl (C=O) groups excluding carboxylic acids is 2. The normalized spacial score (nSPS) is 14.1. The molecule has 35 heavy (non-hydrogen) atoms. The highest BCUT2D eigenvalue weighted by atomic mass is 19.4. The molecule has 1 aliphatic rings. The number of halogens is 3. The van der Waals surface area contributed by atoms with Gasteiger partial charge in [0.1, 0.15) is 11.4 Å². The summed E-state index contributed by atoms with van der Waals surface area (Å²) in [7, 11) is 4.97. The van der Waals surface area contributed by atoms with Gasteiger partial charge in [0.25, 0.3) is 0 Å². The summed E-state index contributed by atoms with van der Waals surface area (Å²) in [5.74, 6) is -0.809. The zero-order chi connectivity index (χ0) is 25.6. The van der Waals surface area contributed by atoms with Crippen molar-refractivity contribution < 1.29 is 31.9 Å². The number of rotatable bonds is 10. The highest BCUT2D eigenvalue weighted by Crippen LogP contribution is 2.34. The fourth-order valence-corrected chi connectivity index (χ4v) is 3.13. The SMILES string of the molecule is CN(C)CC(=O)N(C)c1ncc(Nc2ncc(C(F)(F)F)c(NCCCN3CCCOC3=O)n2)o1. The van der Waals surface area contributed by atoms with E-state index in [0.717, 1.165) is 0 Å². The third-order valence-electron chi connectivity index (χ3n) is 4.89. The van der Waals surface area contributed by atoms with E-state index in [2.05, 4.69) is 25.6 Å². The second kappa shape index (κ2) is 11.2. The quantitative estimate of drug-likeness (QED) is 0.469. The number of ether oxygens (including phenoxy) is 1. The molecule has 1 aliphatic heterocycles. The third-order valence-corrected chi connectivity index (χ3v) is 4.89. The number of likely N-dealkylation sites (N-methyl/N-ethyl adjacent to an activating group) is 2. The van der Waals surface area contributed by atoms with Crippen LogP contribution in [-0.4, -0.2) is 90.7 Å². The number of cyclic esters (lactones) is 1. The first kappa shape index (κ1) is 26.0. The minimum Gasteiger partial charge on any atom is -0.449 e. The molecule has 1 fully saturated rings. The highest BCUT2D eigenvalue weighted by Gasteiger charge is 2.35. The fourth-order valence-electron chi connectivity index (χ4n) is 3.13. The molecule has 0 bridgehead atoms. The molecule has 2 amide bonds. The van der Waals surface area contributed by atoms with Gasteiger partial charge in [-0.1, -0.05) is 0 Å². The molecule has 0 spiro atoms. The van der Waals surface area contributed by atoms with Crippen molar-refractivity contribution in [2.45, 2.75) is 19.0 Å². The van der Waals surface area contributed by atoms with Gasteiger partial charge in [-0.05, 0) is 26.9 Å². The van der Waals surface area contributed by atoms with Crippen LogP contribution in [0.15, 0.2) is 16.8 Å². The third kappa shape index (κ3) is 7.18. The van der Waals surface area contributed by atoms with Crippen LogP contribution in [0.25, 0.3) is 0 Å². The number of carbonyl (C=O) groups is 2. The molecule has 12 nitrogen and oxygen atoms in total. The van der Waals surface area contributed by atoms with Gasteiger partial charge < -0.3 is 24.3 Å². The number of anilines is 4. The standard InChI is InChI=1S/C20H27F3N8O4/c1-29(2)12-15(32)30(3)18-26-11-14(35-18)27-17-25-10-13(20(21,22)23)16(28-17)24-6-4-7-31-8-5-9-34-19(31)33/h10-11H,4-9,12H2,1-3H3,(H2,24,25,27,28). The Kier molecular flexibility index (Phi) is 8.32. The average molecular weight is 500 g/mol. The Hall–Kier alpha value is -3.62. The summed E-state index contributed by atoms with van der Waals surface area (Å²) in [6, 6.07) is 0.000787. The summed E-state index contributed by atoms with van der Waals surface area (Å²) in [6.45, 7) is 1.52. The topological polar surface area (TPSA) is 129 Å². The van der Waals surface area contributed by atoms with Crippen LogP contribution >= 0.6 is 0 Å². The van der Waals surface area contributed by atoms with Crippen LogP contribution in [-0.2, 0) is 15.7 Å². The van der Waals surface area contributed by atoms with Gasteiger partial charge >= 0.3 is 18.3 Å². The molecule has 0 aromatic carbocycles. The van der Waals surface area contributed by atoms with Crippen molar-refractivity contribution >= 4 is 35.7 Å². The maximum atomic E-state index is 13.4. The minimum absolute atomic E-state index is 0.000787. The second-order valence-corrected chi connectivity index (χ2v) is 8.01. The van der Waals surface area contributed by atoms with E-state index < -0.39 is 23.7 Å². The van der Waals surface area contributed by atoms with Gasteiger partial charge in [0, 0.05) is 32.9 Å². The number of nitrogens with one attached hydrogen (secondary N) is 2. The summed E-state index contributed by atoms with van der Waals surface area (Å²) < 4.78 is 50.7. The monoisotopic (exact) mass is 500 g/mol. The van der Waals surface area contributed by atoms with Gasteiger partial charge in [-0.3, -0.25) is 15.0 Å². The van der Waals surface area contributed by atoms with Gasteiger partial charge in [-0.15, -0.1) is 0 Å². The van der Waals surface area contributed by atoms with Crippen molar-refractivity contribution in [2.24, 2.45) is 0 Å². The first-order chi connectivity index (χ1) is 16.5. The molecule has 15 heteroatoms. The Morgan fingerprint density at radius 2 is 2.00 bits per heavy atom. The maximum Gasteiger partial charge on any atom is 0.421 e. The molecular formula is C20H27F3N8O4. The predicted octanol–water partition coefficient (Wildman–Crippen LogP) is 2.40. The Morgan fingerprint density at radius 3 is 2.69 bits per heavy atom. The maximum absolute atomic E-state index is 13.4. The van der Waals surface area contributed by atoms with E-state index in [-0.39, 0.29) is 36.8 Å². The lowest BCUT2D eigenvalue weighted by molar-refractivity contribution is -0.137. The lowest BCUT2D eigenvalue weighted by Gasteiger charge is -2.26. The first-order valence-electron chi connectivity index (χ1n) is 10.8. The van der Waals surface area contributed by atoms with Gasteiger partial charge in [0.15, 0.2) is 0 Å². The molecule has 0 saturated carbocycles. The predicted molar refractivity (Wildman–Crippen MR) is 119 cm³/mol.